The molecular weight excluding hydrogens is 268 g/mol. The minimum absolute atomic E-state index is 0.251. The Morgan fingerprint density at radius 3 is 1.80 bits per heavy atom. The first-order valence-electron chi connectivity index (χ1n) is 6.89. The van der Waals surface area contributed by atoms with Crippen molar-refractivity contribution in [2.75, 3.05) is 11.5 Å². The van der Waals surface area contributed by atoms with Crippen LogP contribution >= 0.6 is 11.8 Å². The Bertz CT molecular complexity index is 431. The minimum Gasteiger partial charge on any atom is -0.455 e. The van der Waals surface area contributed by atoms with Crippen molar-refractivity contribution in [3.05, 3.63) is 60.7 Å². The average molecular weight is 288 g/mol. The van der Waals surface area contributed by atoms with Crippen LogP contribution in [0.3, 0.4) is 0 Å². The molecule has 2 rings (SSSR count). The molecular formula is C17H20O2S. The van der Waals surface area contributed by atoms with Gasteiger partial charge in [-0.3, -0.25) is 0 Å². The van der Waals surface area contributed by atoms with E-state index >= 15 is 0 Å². The molecule has 0 aliphatic heterocycles. The van der Waals surface area contributed by atoms with Crippen molar-refractivity contribution < 1.29 is 9.47 Å². The Morgan fingerprint density at radius 2 is 1.35 bits per heavy atom. The van der Waals surface area contributed by atoms with Gasteiger partial charge in [0.1, 0.15) is 11.5 Å². The first kappa shape index (κ1) is 14.8. The molecule has 20 heavy (non-hydrogen) atoms. The Balaban J connectivity index is 1.96. The summed E-state index contributed by atoms with van der Waals surface area (Å²) >= 11 is 1.90. The summed E-state index contributed by atoms with van der Waals surface area (Å²) in [6, 6.07) is 19.6. The molecule has 0 unspecified atom stereocenters. The number of rotatable bonds is 8. The molecule has 0 fully saturated rings. The van der Waals surface area contributed by atoms with Crippen LogP contribution in [-0.4, -0.2) is 17.8 Å². The highest BCUT2D eigenvalue weighted by Crippen LogP contribution is 2.18. The van der Waals surface area contributed by atoms with Crippen LogP contribution in [0, 0.1) is 0 Å². The molecule has 0 radical (unpaired) electrons. The van der Waals surface area contributed by atoms with E-state index < -0.39 is 0 Å². The molecule has 2 aromatic rings. The van der Waals surface area contributed by atoms with Crippen molar-refractivity contribution in [1.29, 1.82) is 0 Å². The number of ether oxygens (including phenoxy) is 2. The van der Waals surface area contributed by atoms with Gasteiger partial charge in [-0.05, 0) is 30.0 Å². The van der Waals surface area contributed by atoms with Gasteiger partial charge in [0.25, 0.3) is 0 Å². The van der Waals surface area contributed by atoms with E-state index in [2.05, 4.69) is 6.92 Å². The van der Waals surface area contributed by atoms with E-state index in [1.54, 1.807) is 0 Å². The molecule has 2 aromatic carbocycles. The van der Waals surface area contributed by atoms with Crippen LogP contribution in [0.15, 0.2) is 60.7 Å². The molecule has 3 heteroatoms. The zero-order chi connectivity index (χ0) is 14.0. The van der Waals surface area contributed by atoms with Crippen molar-refractivity contribution in [2.45, 2.75) is 19.6 Å². The topological polar surface area (TPSA) is 18.5 Å². The van der Waals surface area contributed by atoms with E-state index in [0.29, 0.717) is 0 Å². The quantitative estimate of drug-likeness (QED) is 0.522. The highest BCUT2D eigenvalue weighted by Gasteiger charge is 2.12. The van der Waals surface area contributed by atoms with Gasteiger partial charge in [0.2, 0.25) is 6.29 Å². The fourth-order valence-corrected chi connectivity index (χ4v) is 2.42. The largest absolute Gasteiger partial charge is 0.455 e. The van der Waals surface area contributed by atoms with E-state index in [4.69, 9.17) is 9.47 Å². The number of hydrogen-bond acceptors (Lipinski definition) is 3. The Labute approximate surface area is 125 Å². The molecule has 0 saturated carbocycles. The van der Waals surface area contributed by atoms with Gasteiger partial charge in [0.05, 0.1) is 0 Å². The number of benzene rings is 2. The SMILES string of the molecule is CCSCCC(Oc1ccccc1)Oc1ccccc1. The zero-order valence-corrected chi connectivity index (χ0v) is 12.5. The molecule has 0 heterocycles. The molecule has 0 spiro atoms. The van der Waals surface area contributed by atoms with Crippen molar-refractivity contribution in [3.8, 4) is 11.5 Å². The van der Waals surface area contributed by atoms with Gasteiger partial charge >= 0.3 is 0 Å². The van der Waals surface area contributed by atoms with Crippen LogP contribution in [0.2, 0.25) is 0 Å². The lowest BCUT2D eigenvalue weighted by molar-refractivity contribution is 0.00426. The van der Waals surface area contributed by atoms with Crippen LogP contribution in [-0.2, 0) is 0 Å². The molecule has 0 aliphatic rings. The van der Waals surface area contributed by atoms with E-state index in [-0.39, 0.29) is 6.29 Å². The highest BCUT2D eigenvalue weighted by atomic mass is 32.2. The average Bonchev–Trinajstić information content (AvgIpc) is 2.49. The summed E-state index contributed by atoms with van der Waals surface area (Å²) in [5, 5.41) is 0. The zero-order valence-electron chi connectivity index (χ0n) is 11.7. The van der Waals surface area contributed by atoms with Gasteiger partial charge in [0.15, 0.2) is 0 Å². The summed E-state index contributed by atoms with van der Waals surface area (Å²) in [6.45, 7) is 2.16. The summed E-state index contributed by atoms with van der Waals surface area (Å²) in [5.74, 6) is 3.83. The van der Waals surface area contributed by atoms with Gasteiger partial charge in [-0.1, -0.05) is 43.3 Å². The Hall–Kier alpha value is -1.61. The third kappa shape index (κ3) is 5.17. The van der Waals surface area contributed by atoms with Gasteiger partial charge in [-0.25, -0.2) is 0 Å². The van der Waals surface area contributed by atoms with Gasteiger partial charge in [-0.15, -0.1) is 0 Å². The first-order valence-corrected chi connectivity index (χ1v) is 8.05. The summed E-state index contributed by atoms with van der Waals surface area (Å²) in [5.41, 5.74) is 0. The lowest BCUT2D eigenvalue weighted by atomic mass is 10.3. The number of hydrogen-bond donors (Lipinski definition) is 0. The molecule has 0 aliphatic carbocycles. The lowest BCUT2D eigenvalue weighted by Crippen LogP contribution is -2.24. The number of para-hydroxylation sites is 2. The fourth-order valence-electron chi connectivity index (χ4n) is 1.77. The minimum atomic E-state index is -0.251. The summed E-state index contributed by atoms with van der Waals surface area (Å²) < 4.78 is 11.9. The molecule has 2 nitrogen and oxygen atoms in total. The fraction of sp³-hybridized carbons (Fsp3) is 0.294. The molecule has 0 bridgehead atoms. The summed E-state index contributed by atoms with van der Waals surface area (Å²) in [4.78, 5) is 0. The third-order valence-electron chi connectivity index (χ3n) is 2.72. The van der Waals surface area contributed by atoms with Crippen LogP contribution in [0.4, 0.5) is 0 Å². The third-order valence-corrected chi connectivity index (χ3v) is 3.66. The maximum Gasteiger partial charge on any atom is 0.241 e. The highest BCUT2D eigenvalue weighted by molar-refractivity contribution is 7.99. The predicted octanol–water partition coefficient (Wildman–Crippen LogP) is 4.61. The van der Waals surface area contributed by atoms with Gasteiger partial charge in [0, 0.05) is 12.2 Å². The second-order valence-electron chi connectivity index (χ2n) is 4.28. The molecule has 0 saturated heterocycles. The summed E-state index contributed by atoms with van der Waals surface area (Å²) in [7, 11) is 0. The van der Waals surface area contributed by atoms with Crippen LogP contribution < -0.4 is 9.47 Å². The normalized spacial score (nSPS) is 10.5. The number of thioether (sulfide) groups is 1. The molecule has 106 valence electrons. The monoisotopic (exact) mass is 288 g/mol. The van der Waals surface area contributed by atoms with Crippen molar-refractivity contribution in [1.82, 2.24) is 0 Å². The smallest absolute Gasteiger partial charge is 0.241 e. The van der Waals surface area contributed by atoms with Crippen LogP contribution in [0.25, 0.3) is 0 Å². The maximum absolute atomic E-state index is 5.93. The predicted molar refractivity (Wildman–Crippen MR) is 85.5 cm³/mol. The van der Waals surface area contributed by atoms with E-state index in [9.17, 15) is 0 Å². The Morgan fingerprint density at radius 1 is 0.850 bits per heavy atom. The first-order chi connectivity index (χ1) is 9.88. The molecule has 0 N–H and O–H groups in total. The second-order valence-corrected chi connectivity index (χ2v) is 5.67. The van der Waals surface area contributed by atoms with E-state index in [0.717, 1.165) is 29.4 Å². The van der Waals surface area contributed by atoms with Crippen molar-refractivity contribution in [2.24, 2.45) is 0 Å². The Kier molecular flexibility index (Phi) is 6.32. The van der Waals surface area contributed by atoms with E-state index in [1.807, 2.05) is 72.4 Å². The standard InChI is InChI=1S/C17H20O2S/c1-2-20-14-13-17(18-15-9-5-3-6-10-15)19-16-11-7-4-8-12-16/h3-12,17H,2,13-14H2,1H3. The lowest BCUT2D eigenvalue weighted by Gasteiger charge is -2.20. The van der Waals surface area contributed by atoms with E-state index in [1.165, 1.54) is 0 Å². The van der Waals surface area contributed by atoms with Crippen molar-refractivity contribution >= 4 is 11.8 Å². The molecule has 0 atom stereocenters. The molecule has 0 aromatic heterocycles. The molecule has 0 amide bonds. The van der Waals surface area contributed by atoms with Gasteiger partial charge in [-0.2, -0.15) is 11.8 Å². The van der Waals surface area contributed by atoms with Crippen LogP contribution in [0.5, 0.6) is 11.5 Å². The van der Waals surface area contributed by atoms with Gasteiger partial charge < -0.3 is 9.47 Å². The second kappa shape index (κ2) is 8.54. The van der Waals surface area contributed by atoms with Crippen molar-refractivity contribution in [3.63, 3.8) is 0 Å². The van der Waals surface area contributed by atoms with Crippen LogP contribution in [0.1, 0.15) is 13.3 Å². The summed E-state index contributed by atoms with van der Waals surface area (Å²) in [6.07, 6.45) is 0.612. The maximum atomic E-state index is 5.93.